The molecule has 0 aromatic heterocycles. The lowest BCUT2D eigenvalue weighted by molar-refractivity contribution is 0.659. The van der Waals surface area contributed by atoms with Crippen molar-refractivity contribution in [2.45, 2.75) is 37.0 Å². The third-order valence-electron chi connectivity index (χ3n) is 14.1. The molecular formula is C56H41N. The summed E-state index contributed by atoms with van der Waals surface area (Å²) in [5.41, 5.74) is 23.6. The Morgan fingerprint density at radius 3 is 1.86 bits per heavy atom. The average Bonchev–Trinajstić information content (AvgIpc) is 3.79. The summed E-state index contributed by atoms with van der Waals surface area (Å²) < 4.78 is 0. The lowest BCUT2D eigenvalue weighted by Gasteiger charge is -2.35. The second-order valence-corrected chi connectivity index (χ2v) is 17.0. The van der Waals surface area contributed by atoms with Gasteiger partial charge in [0.15, 0.2) is 0 Å². The van der Waals surface area contributed by atoms with Crippen molar-refractivity contribution in [3.05, 3.63) is 238 Å². The van der Waals surface area contributed by atoms with Gasteiger partial charge in [0.2, 0.25) is 0 Å². The van der Waals surface area contributed by atoms with Crippen LogP contribution in [0.3, 0.4) is 0 Å². The van der Waals surface area contributed by atoms with Gasteiger partial charge in [-0.25, -0.2) is 0 Å². The molecule has 1 nitrogen and oxygen atoms in total. The van der Waals surface area contributed by atoms with Crippen molar-refractivity contribution < 1.29 is 0 Å². The number of benzene rings is 8. The van der Waals surface area contributed by atoms with Gasteiger partial charge >= 0.3 is 0 Å². The Kier molecular flexibility index (Phi) is 6.40. The lowest BCUT2D eigenvalue weighted by atomic mass is 9.67. The molecule has 5 aliphatic rings. The van der Waals surface area contributed by atoms with Crippen molar-refractivity contribution in [3.63, 3.8) is 0 Å². The molecule has 0 saturated heterocycles. The standard InChI is InChI=1S/C56H41N/c1-5-35-25-30-43-41-19-10-12-22-47(41)56(51(43)31-35,37-15-7-6-8-16-37)38-17-13-18-40(32-38)57-39-28-26-36(27-29-39)55(4)46-21-11-9-20-42(46)44-33-49-45(34-50(44)55)53-48(54(49,2)3)23-14-24-52(53)57/h5-34H,1H2,2-4H3. The summed E-state index contributed by atoms with van der Waals surface area (Å²) in [4.78, 5) is 2.52. The van der Waals surface area contributed by atoms with Crippen LogP contribution in [-0.4, -0.2) is 0 Å². The van der Waals surface area contributed by atoms with E-state index in [1.54, 1.807) is 0 Å². The smallest absolute Gasteiger partial charge is 0.0714 e. The summed E-state index contributed by atoms with van der Waals surface area (Å²) in [5, 5.41) is 0. The van der Waals surface area contributed by atoms with Gasteiger partial charge in [0.25, 0.3) is 0 Å². The van der Waals surface area contributed by atoms with Crippen LogP contribution in [0, 0.1) is 0 Å². The summed E-state index contributed by atoms with van der Waals surface area (Å²) in [6.45, 7) is 11.4. The molecule has 0 radical (unpaired) electrons. The van der Waals surface area contributed by atoms with E-state index in [0.717, 1.165) is 16.9 Å². The first-order valence-corrected chi connectivity index (χ1v) is 20.2. The minimum absolute atomic E-state index is 0.165. The third-order valence-corrected chi connectivity index (χ3v) is 14.1. The fourth-order valence-electron chi connectivity index (χ4n) is 11.4. The highest BCUT2D eigenvalue weighted by molar-refractivity contribution is 5.99. The molecular weight excluding hydrogens is 687 g/mol. The molecule has 4 bridgehead atoms. The monoisotopic (exact) mass is 727 g/mol. The normalized spacial score (nSPS) is 19.5. The first-order valence-electron chi connectivity index (χ1n) is 20.2. The molecule has 0 saturated carbocycles. The topological polar surface area (TPSA) is 3.24 Å². The summed E-state index contributed by atoms with van der Waals surface area (Å²) in [6.07, 6.45) is 1.97. The summed E-state index contributed by atoms with van der Waals surface area (Å²) in [7, 11) is 0. The SMILES string of the molecule is C=Cc1ccc2c(c1)C(c1ccccc1)(c1cccc(N3c4ccc(cc4)C4(C)c5ccccc5-c5cc6c(cc54)-c4c3cccc4C6(C)C)c1)c1ccccc1-2. The summed E-state index contributed by atoms with van der Waals surface area (Å²) >= 11 is 0. The van der Waals surface area contributed by atoms with Crippen molar-refractivity contribution in [2.24, 2.45) is 0 Å². The number of fused-ring (bicyclic) bond motifs is 7. The van der Waals surface area contributed by atoms with Crippen molar-refractivity contribution in [1.82, 2.24) is 0 Å². The highest BCUT2D eigenvalue weighted by atomic mass is 15.1. The molecule has 2 aliphatic heterocycles. The molecule has 1 heteroatoms. The molecule has 2 atom stereocenters. The number of rotatable bonds is 4. The quantitative estimate of drug-likeness (QED) is 0.174. The van der Waals surface area contributed by atoms with Gasteiger partial charge in [0.1, 0.15) is 0 Å². The average molecular weight is 728 g/mol. The Morgan fingerprint density at radius 1 is 0.421 bits per heavy atom. The molecule has 8 aromatic rings. The van der Waals surface area contributed by atoms with E-state index in [0.29, 0.717) is 0 Å². The largest absolute Gasteiger partial charge is 0.310 e. The minimum Gasteiger partial charge on any atom is -0.310 e. The van der Waals surface area contributed by atoms with E-state index in [1.165, 1.54) is 89.1 Å². The predicted octanol–water partition coefficient (Wildman–Crippen LogP) is 14.1. The van der Waals surface area contributed by atoms with E-state index < -0.39 is 5.41 Å². The maximum atomic E-state index is 4.19. The first-order chi connectivity index (χ1) is 27.8. The second-order valence-electron chi connectivity index (χ2n) is 17.0. The maximum Gasteiger partial charge on any atom is 0.0714 e. The van der Waals surface area contributed by atoms with Crippen LogP contribution >= 0.6 is 0 Å². The van der Waals surface area contributed by atoms with Crippen LogP contribution in [0.15, 0.2) is 183 Å². The number of anilines is 3. The van der Waals surface area contributed by atoms with Crippen LogP contribution in [-0.2, 0) is 16.2 Å². The van der Waals surface area contributed by atoms with Crippen LogP contribution in [0.4, 0.5) is 17.1 Å². The van der Waals surface area contributed by atoms with E-state index in [4.69, 9.17) is 0 Å². The van der Waals surface area contributed by atoms with Gasteiger partial charge in [-0.2, -0.15) is 0 Å². The third kappa shape index (κ3) is 3.99. The summed E-state index contributed by atoms with van der Waals surface area (Å²) in [5.74, 6) is 0. The molecule has 8 aromatic carbocycles. The molecule has 57 heavy (non-hydrogen) atoms. The van der Waals surface area contributed by atoms with Crippen molar-refractivity contribution in [2.75, 3.05) is 4.90 Å². The first kappa shape index (κ1) is 32.5. The molecule has 3 aliphatic carbocycles. The fraction of sp³-hybridized carbons (Fsp3) is 0.107. The molecule has 13 rings (SSSR count). The lowest BCUT2D eigenvalue weighted by Crippen LogP contribution is -2.29. The van der Waals surface area contributed by atoms with Crippen LogP contribution in [0.1, 0.15) is 76.4 Å². The van der Waals surface area contributed by atoms with Crippen molar-refractivity contribution in [1.29, 1.82) is 0 Å². The molecule has 270 valence electrons. The van der Waals surface area contributed by atoms with Crippen LogP contribution in [0.5, 0.6) is 0 Å². The maximum absolute atomic E-state index is 4.19. The van der Waals surface area contributed by atoms with E-state index in [1.807, 2.05) is 6.08 Å². The molecule has 0 spiro atoms. The highest BCUT2D eigenvalue weighted by Gasteiger charge is 2.48. The molecule has 0 N–H and O–H groups in total. The second kappa shape index (κ2) is 11.2. The van der Waals surface area contributed by atoms with E-state index in [9.17, 15) is 0 Å². The van der Waals surface area contributed by atoms with Crippen LogP contribution < -0.4 is 4.90 Å². The van der Waals surface area contributed by atoms with E-state index in [-0.39, 0.29) is 10.8 Å². The Labute approximate surface area is 335 Å². The van der Waals surface area contributed by atoms with Gasteiger partial charge in [-0.15, -0.1) is 0 Å². The molecule has 2 heterocycles. The Balaban J connectivity index is 1.16. The van der Waals surface area contributed by atoms with E-state index in [2.05, 4.69) is 208 Å². The van der Waals surface area contributed by atoms with E-state index >= 15 is 0 Å². The Hall–Kier alpha value is -6.70. The zero-order valence-electron chi connectivity index (χ0n) is 32.5. The Morgan fingerprint density at radius 2 is 1.07 bits per heavy atom. The number of hydrogen-bond donors (Lipinski definition) is 0. The zero-order chi connectivity index (χ0) is 38.3. The van der Waals surface area contributed by atoms with Crippen LogP contribution in [0.2, 0.25) is 0 Å². The summed E-state index contributed by atoms with van der Waals surface area (Å²) in [6, 6.07) is 66.9. The molecule has 2 unspecified atom stereocenters. The van der Waals surface area contributed by atoms with Gasteiger partial charge in [0.05, 0.1) is 11.1 Å². The van der Waals surface area contributed by atoms with Crippen LogP contribution in [0.25, 0.3) is 39.5 Å². The van der Waals surface area contributed by atoms with Gasteiger partial charge in [-0.05, 0) is 139 Å². The number of nitrogens with zero attached hydrogens (tertiary/aromatic N) is 1. The van der Waals surface area contributed by atoms with Gasteiger partial charge < -0.3 is 4.90 Å². The van der Waals surface area contributed by atoms with Crippen molar-refractivity contribution in [3.8, 4) is 33.4 Å². The molecule has 0 amide bonds. The van der Waals surface area contributed by atoms with Gasteiger partial charge in [-0.1, -0.05) is 154 Å². The van der Waals surface area contributed by atoms with Crippen molar-refractivity contribution >= 4 is 23.1 Å². The molecule has 0 fully saturated rings. The fourth-order valence-corrected chi connectivity index (χ4v) is 11.4. The van der Waals surface area contributed by atoms with Gasteiger partial charge in [0, 0.05) is 27.8 Å². The highest BCUT2D eigenvalue weighted by Crippen LogP contribution is 2.61. The predicted molar refractivity (Wildman–Crippen MR) is 237 cm³/mol. The minimum atomic E-state index is -0.536. The Bertz CT molecular complexity index is 3020. The number of hydrogen-bond acceptors (Lipinski definition) is 1. The van der Waals surface area contributed by atoms with Gasteiger partial charge in [-0.3, -0.25) is 0 Å². The zero-order valence-corrected chi connectivity index (χ0v) is 32.5.